The molecule has 26 heavy (non-hydrogen) atoms. The lowest BCUT2D eigenvalue weighted by Crippen LogP contribution is -2.16. The van der Waals surface area contributed by atoms with Gasteiger partial charge in [0, 0.05) is 23.0 Å². The summed E-state index contributed by atoms with van der Waals surface area (Å²) in [5, 5.41) is 3.42. The van der Waals surface area contributed by atoms with Crippen molar-refractivity contribution in [3.8, 4) is 11.3 Å². The standard InChI is InChI=1S/C21H20BrN3O/c1-14-12-15(22)6-8-17(14)20-9-7-16(26-20)13-23-11-10-21-24-18-4-2-3-5-19(18)25-21/h2-9,12,23H,10-11,13H2,1H3,(H,24,25). The maximum absolute atomic E-state index is 5.99. The van der Waals surface area contributed by atoms with Gasteiger partial charge in [-0.3, -0.25) is 0 Å². The Morgan fingerprint density at radius 3 is 2.85 bits per heavy atom. The Hall–Kier alpha value is -2.37. The van der Waals surface area contributed by atoms with Crippen molar-refractivity contribution in [3.05, 3.63) is 76.2 Å². The minimum atomic E-state index is 0.704. The highest BCUT2D eigenvalue weighted by atomic mass is 79.9. The number of hydrogen-bond acceptors (Lipinski definition) is 3. The molecule has 0 bridgehead atoms. The lowest BCUT2D eigenvalue weighted by Gasteiger charge is -2.04. The average Bonchev–Trinajstić information content (AvgIpc) is 3.25. The van der Waals surface area contributed by atoms with Crippen molar-refractivity contribution in [2.24, 2.45) is 0 Å². The van der Waals surface area contributed by atoms with E-state index in [0.29, 0.717) is 6.54 Å². The quantitative estimate of drug-likeness (QED) is 0.428. The Labute approximate surface area is 160 Å². The van der Waals surface area contributed by atoms with Crippen molar-refractivity contribution in [1.82, 2.24) is 15.3 Å². The fraction of sp³-hybridized carbons (Fsp3) is 0.190. The second kappa shape index (κ2) is 7.48. The Kier molecular flexibility index (Phi) is 4.91. The van der Waals surface area contributed by atoms with Crippen molar-refractivity contribution < 1.29 is 4.42 Å². The summed E-state index contributed by atoms with van der Waals surface area (Å²) in [6.45, 7) is 3.64. The highest BCUT2D eigenvalue weighted by Crippen LogP contribution is 2.27. The zero-order chi connectivity index (χ0) is 17.9. The fourth-order valence-corrected chi connectivity index (χ4v) is 3.54. The smallest absolute Gasteiger partial charge is 0.134 e. The first-order chi connectivity index (χ1) is 12.7. The molecule has 4 nitrogen and oxygen atoms in total. The number of hydrogen-bond donors (Lipinski definition) is 2. The second-order valence-corrected chi connectivity index (χ2v) is 7.27. The van der Waals surface area contributed by atoms with Gasteiger partial charge in [0.25, 0.3) is 0 Å². The number of rotatable bonds is 6. The maximum atomic E-state index is 5.99. The third-order valence-corrected chi connectivity index (χ3v) is 4.89. The summed E-state index contributed by atoms with van der Waals surface area (Å²) in [6.07, 6.45) is 0.855. The van der Waals surface area contributed by atoms with Gasteiger partial charge < -0.3 is 14.7 Å². The fourth-order valence-electron chi connectivity index (χ4n) is 3.06. The van der Waals surface area contributed by atoms with E-state index in [0.717, 1.165) is 51.4 Å². The van der Waals surface area contributed by atoms with E-state index in [2.05, 4.69) is 50.3 Å². The van der Waals surface area contributed by atoms with Crippen molar-refractivity contribution in [3.63, 3.8) is 0 Å². The molecule has 0 spiro atoms. The van der Waals surface area contributed by atoms with Gasteiger partial charge >= 0.3 is 0 Å². The number of aryl methyl sites for hydroxylation is 1. The van der Waals surface area contributed by atoms with Crippen LogP contribution >= 0.6 is 15.9 Å². The van der Waals surface area contributed by atoms with Crippen LogP contribution in [0.25, 0.3) is 22.4 Å². The van der Waals surface area contributed by atoms with E-state index in [9.17, 15) is 0 Å². The molecule has 0 fully saturated rings. The molecule has 0 aliphatic heterocycles. The molecular weight excluding hydrogens is 390 g/mol. The molecule has 0 unspecified atom stereocenters. The summed E-state index contributed by atoms with van der Waals surface area (Å²) in [7, 11) is 0. The van der Waals surface area contributed by atoms with Gasteiger partial charge in [-0.05, 0) is 55.0 Å². The zero-order valence-electron chi connectivity index (χ0n) is 14.6. The molecule has 0 atom stereocenters. The van der Waals surface area contributed by atoms with Crippen LogP contribution in [0.3, 0.4) is 0 Å². The van der Waals surface area contributed by atoms with Gasteiger partial charge in [0.2, 0.25) is 0 Å². The van der Waals surface area contributed by atoms with Crippen LogP contribution in [0, 0.1) is 6.92 Å². The van der Waals surface area contributed by atoms with Gasteiger partial charge in [-0.1, -0.05) is 28.1 Å². The van der Waals surface area contributed by atoms with E-state index < -0.39 is 0 Å². The van der Waals surface area contributed by atoms with Gasteiger partial charge in [-0.15, -0.1) is 0 Å². The minimum absolute atomic E-state index is 0.704. The average molecular weight is 410 g/mol. The van der Waals surface area contributed by atoms with Crippen LogP contribution in [0.15, 0.2) is 63.5 Å². The van der Waals surface area contributed by atoms with Gasteiger partial charge in [0.05, 0.1) is 17.6 Å². The van der Waals surface area contributed by atoms with Crippen molar-refractivity contribution in [1.29, 1.82) is 0 Å². The summed E-state index contributed by atoms with van der Waals surface area (Å²) in [5.41, 5.74) is 4.42. The van der Waals surface area contributed by atoms with Crippen LogP contribution < -0.4 is 5.32 Å². The number of furan rings is 1. The molecular formula is C21H20BrN3O. The first-order valence-corrected chi connectivity index (χ1v) is 9.48. The van der Waals surface area contributed by atoms with Crippen LogP contribution in [-0.4, -0.2) is 16.5 Å². The van der Waals surface area contributed by atoms with Crippen LogP contribution in [0.5, 0.6) is 0 Å². The maximum Gasteiger partial charge on any atom is 0.134 e. The molecule has 0 saturated carbocycles. The number of imidazole rings is 1. The largest absolute Gasteiger partial charge is 0.460 e. The number of halogens is 1. The van der Waals surface area contributed by atoms with Crippen molar-refractivity contribution in [2.45, 2.75) is 19.9 Å². The normalized spacial score (nSPS) is 11.3. The van der Waals surface area contributed by atoms with Crippen LogP contribution in [0.1, 0.15) is 17.1 Å². The van der Waals surface area contributed by atoms with E-state index in [4.69, 9.17) is 4.42 Å². The van der Waals surface area contributed by atoms with Crippen molar-refractivity contribution in [2.75, 3.05) is 6.54 Å². The number of benzene rings is 2. The van der Waals surface area contributed by atoms with Gasteiger partial charge in [-0.25, -0.2) is 4.98 Å². The van der Waals surface area contributed by atoms with Crippen LogP contribution in [0.4, 0.5) is 0 Å². The number of para-hydroxylation sites is 2. The molecule has 2 aromatic heterocycles. The summed E-state index contributed by atoms with van der Waals surface area (Å²) in [4.78, 5) is 7.95. The lowest BCUT2D eigenvalue weighted by molar-refractivity contribution is 0.493. The first-order valence-electron chi connectivity index (χ1n) is 8.68. The molecule has 2 N–H and O–H groups in total. The SMILES string of the molecule is Cc1cc(Br)ccc1-c1ccc(CNCCc2nc3ccccc3[nH]2)o1. The Bertz CT molecular complexity index is 1000. The van der Waals surface area contributed by atoms with Crippen LogP contribution in [-0.2, 0) is 13.0 Å². The van der Waals surface area contributed by atoms with Gasteiger partial charge in [-0.2, -0.15) is 0 Å². The molecule has 0 radical (unpaired) electrons. The molecule has 5 heteroatoms. The summed E-state index contributed by atoms with van der Waals surface area (Å²) < 4.78 is 7.07. The summed E-state index contributed by atoms with van der Waals surface area (Å²) >= 11 is 3.50. The summed E-state index contributed by atoms with van der Waals surface area (Å²) in [6, 6.07) is 18.4. The van der Waals surface area contributed by atoms with E-state index in [1.165, 1.54) is 5.56 Å². The summed E-state index contributed by atoms with van der Waals surface area (Å²) in [5.74, 6) is 2.85. The number of H-pyrrole nitrogens is 1. The Morgan fingerprint density at radius 1 is 1.12 bits per heavy atom. The number of nitrogens with zero attached hydrogens (tertiary/aromatic N) is 1. The monoisotopic (exact) mass is 409 g/mol. The molecule has 2 heterocycles. The minimum Gasteiger partial charge on any atom is -0.460 e. The first kappa shape index (κ1) is 17.1. The number of nitrogens with one attached hydrogen (secondary N) is 2. The predicted octanol–water partition coefficient (Wildman–Crippen LogP) is 5.23. The van der Waals surface area contributed by atoms with Crippen LogP contribution in [0.2, 0.25) is 0 Å². The highest BCUT2D eigenvalue weighted by molar-refractivity contribution is 9.10. The topological polar surface area (TPSA) is 53.9 Å². The molecule has 2 aromatic carbocycles. The van der Waals surface area contributed by atoms with Gasteiger partial charge in [0.15, 0.2) is 0 Å². The van der Waals surface area contributed by atoms with E-state index in [-0.39, 0.29) is 0 Å². The third-order valence-electron chi connectivity index (χ3n) is 4.39. The van der Waals surface area contributed by atoms with Crippen molar-refractivity contribution >= 4 is 27.0 Å². The van der Waals surface area contributed by atoms with E-state index >= 15 is 0 Å². The molecule has 0 saturated heterocycles. The molecule has 0 aliphatic rings. The Balaban J connectivity index is 1.33. The van der Waals surface area contributed by atoms with E-state index in [1.807, 2.05) is 42.5 Å². The molecule has 4 rings (SSSR count). The van der Waals surface area contributed by atoms with E-state index in [1.54, 1.807) is 0 Å². The van der Waals surface area contributed by atoms with Gasteiger partial charge in [0.1, 0.15) is 17.3 Å². The highest BCUT2D eigenvalue weighted by Gasteiger charge is 2.08. The number of aromatic nitrogens is 2. The Morgan fingerprint density at radius 2 is 2.00 bits per heavy atom. The zero-order valence-corrected chi connectivity index (χ0v) is 16.1. The number of aromatic amines is 1. The lowest BCUT2D eigenvalue weighted by atomic mass is 10.1. The predicted molar refractivity (Wildman–Crippen MR) is 108 cm³/mol. The molecule has 4 aromatic rings. The number of fused-ring (bicyclic) bond motifs is 1. The second-order valence-electron chi connectivity index (χ2n) is 6.35. The molecule has 132 valence electrons. The molecule has 0 aliphatic carbocycles. The third kappa shape index (κ3) is 3.74. The molecule has 0 amide bonds.